The Balaban J connectivity index is 1.50. The van der Waals surface area contributed by atoms with Gasteiger partial charge in [0.1, 0.15) is 12.3 Å². The van der Waals surface area contributed by atoms with Crippen molar-refractivity contribution in [1.82, 2.24) is 19.6 Å². The van der Waals surface area contributed by atoms with Crippen LogP contribution in [0.3, 0.4) is 0 Å². The molecule has 1 saturated heterocycles. The summed E-state index contributed by atoms with van der Waals surface area (Å²) in [5, 5.41) is 7.02. The summed E-state index contributed by atoms with van der Waals surface area (Å²) in [6.07, 6.45) is 3.24. The highest BCUT2D eigenvalue weighted by Gasteiger charge is 2.26. The Labute approximate surface area is 182 Å². The Bertz CT molecular complexity index is 872. The summed E-state index contributed by atoms with van der Waals surface area (Å²) in [6.45, 7) is 8.20. The van der Waals surface area contributed by atoms with E-state index in [1.54, 1.807) is 29.2 Å². The first-order chi connectivity index (χ1) is 14.8. The maximum Gasteiger partial charge on any atom is 0.321 e. The van der Waals surface area contributed by atoms with Crippen LogP contribution < -0.4 is 10.1 Å². The largest absolute Gasteiger partial charge is 0.494 e. The number of hydrogen-bond acceptors (Lipinski definition) is 5. The highest BCUT2D eigenvalue weighted by molar-refractivity contribution is 5.88. The summed E-state index contributed by atoms with van der Waals surface area (Å²) < 4.78 is 12.6. The molecule has 1 aromatic heterocycles. The average Bonchev–Trinajstić information content (AvgIpc) is 3.15. The van der Waals surface area contributed by atoms with Crippen molar-refractivity contribution in [3.05, 3.63) is 42.2 Å². The molecule has 2 atom stereocenters. The van der Waals surface area contributed by atoms with Crippen LogP contribution in [0.4, 0.5) is 10.5 Å². The number of hydrogen-bond donors (Lipinski definition) is 1. The van der Waals surface area contributed by atoms with Crippen molar-refractivity contribution in [1.29, 1.82) is 0 Å². The fourth-order valence-corrected chi connectivity index (χ4v) is 3.56. The number of anilines is 1. The van der Waals surface area contributed by atoms with Gasteiger partial charge >= 0.3 is 6.03 Å². The summed E-state index contributed by atoms with van der Waals surface area (Å²) in [4.78, 5) is 28.4. The van der Waals surface area contributed by atoms with Crippen LogP contribution in [0.5, 0.6) is 5.75 Å². The van der Waals surface area contributed by atoms with Gasteiger partial charge in [0, 0.05) is 32.9 Å². The molecule has 2 heterocycles. The molecule has 0 radical (unpaired) electrons. The van der Waals surface area contributed by atoms with Gasteiger partial charge in [0.15, 0.2) is 0 Å². The molecule has 2 aromatic rings. The van der Waals surface area contributed by atoms with Crippen LogP contribution in [0.1, 0.15) is 26.3 Å². The van der Waals surface area contributed by atoms with Crippen LogP contribution in [-0.4, -0.2) is 70.5 Å². The van der Waals surface area contributed by atoms with Crippen molar-refractivity contribution in [2.45, 2.75) is 46.1 Å². The third kappa shape index (κ3) is 6.45. The van der Waals surface area contributed by atoms with Gasteiger partial charge in [0.2, 0.25) is 5.91 Å². The Hall–Kier alpha value is -3.07. The molecule has 168 valence electrons. The van der Waals surface area contributed by atoms with Crippen LogP contribution >= 0.6 is 0 Å². The first-order valence-corrected chi connectivity index (χ1v) is 10.5. The second-order valence-electron chi connectivity index (χ2n) is 7.85. The van der Waals surface area contributed by atoms with E-state index in [4.69, 9.17) is 9.47 Å². The summed E-state index contributed by atoms with van der Waals surface area (Å²) in [6, 6.07) is 7.40. The molecule has 0 aliphatic carbocycles. The van der Waals surface area contributed by atoms with E-state index in [-0.39, 0.29) is 30.7 Å². The summed E-state index contributed by atoms with van der Waals surface area (Å²) >= 11 is 0. The number of aromatic nitrogens is 2. The number of rotatable bonds is 7. The molecule has 1 N–H and O–H groups in total. The standard InChI is InChI=1S/C22H31N5O4/c1-5-30-20-8-6-18(7-9-20)13-25(4)22(29)24-19-10-23-27(14-19)15-21(28)26-11-16(2)31-17(3)12-26/h6-10,14,16-17H,5,11-13,15H2,1-4H3,(H,24,29). The first kappa shape index (κ1) is 22.6. The number of ether oxygens (including phenoxy) is 2. The lowest BCUT2D eigenvalue weighted by atomic mass is 10.2. The van der Waals surface area contributed by atoms with Gasteiger partial charge in [-0.1, -0.05) is 12.1 Å². The lowest BCUT2D eigenvalue weighted by molar-refractivity contribution is -0.144. The normalized spacial score (nSPS) is 18.5. The van der Waals surface area contributed by atoms with Gasteiger partial charge in [-0.2, -0.15) is 5.10 Å². The quantitative estimate of drug-likeness (QED) is 0.731. The minimum atomic E-state index is -0.254. The average molecular weight is 430 g/mol. The third-order valence-electron chi connectivity index (χ3n) is 4.95. The van der Waals surface area contributed by atoms with Gasteiger partial charge in [0.25, 0.3) is 0 Å². The predicted octanol–water partition coefficient (Wildman–Crippen LogP) is 2.58. The Morgan fingerprint density at radius 2 is 1.90 bits per heavy atom. The third-order valence-corrected chi connectivity index (χ3v) is 4.95. The van der Waals surface area contributed by atoms with Crippen LogP contribution in [0.2, 0.25) is 0 Å². The van der Waals surface area contributed by atoms with Gasteiger partial charge in [-0.05, 0) is 38.5 Å². The molecular formula is C22H31N5O4. The van der Waals surface area contributed by atoms with Gasteiger partial charge < -0.3 is 24.6 Å². The molecule has 31 heavy (non-hydrogen) atoms. The van der Waals surface area contributed by atoms with E-state index in [1.165, 1.54) is 4.68 Å². The molecule has 3 amide bonds. The molecule has 9 heteroatoms. The highest BCUT2D eigenvalue weighted by atomic mass is 16.5. The molecule has 0 spiro atoms. The topological polar surface area (TPSA) is 88.9 Å². The van der Waals surface area contributed by atoms with Crippen LogP contribution in [0.25, 0.3) is 0 Å². The monoisotopic (exact) mass is 429 g/mol. The second kappa shape index (κ2) is 10.3. The molecule has 1 aromatic carbocycles. The van der Waals surface area contributed by atoms with Gasteiger partial charge in [-0.15, -0.1) is 0 Å². The zero-order valence-electron chi connectivity index (χ0n) is 18.6. The number of carbonyl (C=O) groups is 2. The van der Waals surface area contributed by atoms with E-state index in [0.717, 1.165) is 11.3 Å². The zero-order chi connectivity index (χ0) is 22.4. The SMILES string of the molecule is CCOc1ccc(CN(C)C(=O)Nc2cnn(CC(=O)N3CC(C)OC(C)C3)c2)cc1. The van der Waals surface area contributed by atoms with Crippen LogP contribution in [-0.2, 0) is 22.6 Å². The molecule has 1 fully saturated rings. The van der Waals surface area contributed by atoms with E-state index in [9.17, 15) is 9.59 Å². The van der Waals surface area contributed by atoms with Gasteiger partial charge in [-0.3, -0.25) is 9.48 Å². The minimum absolute atomic E-state index is 0.0180. The number of morpholine rings is 1. The Kier molecular flexibility index (Phi) is 7.51. The van der Waals surface area contributed by atoms with Crippen molar-refractivity contribution in [2.75, 3.05) is 32.1 Å². The number of benzene rings is 1. The van der Waals surface area contributed by atoms with Crippen molar-refractivity contribution in [3.8, 4) is 5.75 Å². The second-order valence-corrected chi connectivity index (χ2v) is 7.85. The first-order valence-electron chi connectivity index (χ1n) is 10.5. The zero-order valence-corrected chi connectivity index (χ0v) is 18.6. The number of nitrogens with zero attached hydrogens (tertiary/aromatic N) is 4. The Morgan fingerprint density at radius 1 is 1.23 bits per heavy atom. The van der Waals surface area contributed by atoms with Crippen molar-refractivity contribution in [3.63, 3.8) is 0 Å². The van der Waals surface area contributed by atoms with E-state index in [1.807, 2.05) is 45.0 Å². The highest BCUT2D eigenvalue weighted by Crippen LogP contribution is 2.15. The summed E-state index contributed by atoms with van der Waals surface area (Å²) in [7, 11) is 1.72. The van der Waals surface area contributed by atoms with Crippen molar-refractivity contribution in [2.24, 2.45) is 0 Å². The Morgan fingerprint density at radius 3 is 2.55 bits per heavy atom. The maximum absolute atomic E-state index is 12.6. The van der Waals surface area contributed by atoms with E-state index < -0.39 is 0 Å². The lowest BCUT2D eigenvalue weighted by Gasteiger charge is -2.35. The number of nitrogens with one attached hydrogen (secondary N) is 1. The number of amides is 3. The number of carbonyl (C=O) groups excluding carboxylic acids is 2. The van der Waals surface area contributed by atoms with E-state index >= 15 is 0 Å². The molecule has 1 aliphatic heterocycles. The molecule has 1 aliphatic rings. The van der Waals surface area contributed by atoms with Gasteiger partial charge in [-0.25, -0.2) is 4.79 Å². The molecule has 2 unspecified atom stereocenters. The van der Waals surface area contributed by atoms with E-state index in [0.29, 0.717) is 31.9 Å². The van der Waals surface area contributed by atoms with E-state index in [2.05, 4.69) is 10.4 Å². The van der Waals surface area contributed by atoms with Gasteiger partial charge in [0.05, 0.1) is 30.7 Å². The maximum atomic E-state index is 12.6. The molecule has 0 bridgehead atoms. The van der Waals surface area contributed by atoms with Crippen molar-refractivity contribution >= 4 is 17.6 Å². The fourth-order valence-electron chi connectivity index (χ4n) is 3.56. The lowest BCUT2D eigenvalue weighted by Crippen LogP contribution is -2.49. The minimum Gasteiger partial charge on any atom is -0.494 e. The fraction of sp³-hybridized carbons (Fsp3) is 0.500. The summed E-state index contributed by atoms with van der Waals surface area (Å²) in [5.74, 6) is 0.789. The predicted molar refractivity (Wildman–Crippen MR) is 117 cm³/mol. The van der Waals surface area contributed by atoms with Crippen molar-refractivity contribution < 1.29 is 19.1 Å². The summed E-state index contributed by atoms with van der Waals surface area (Å²) in [5.41, 5.74) is 1.54. The van der Waals surface area contributed by atoms with Crippen LogP contribution in [0.15, 0.2) is 36.7 Å². The molecule has 9 nitrogen and oxygen atoms in total. The number of urea groups is 1. The molecule has 3 rings (SSSR count). The van der Waals surface area contributed by atoms with Crippen LogP contribution in [0, 0.1) is 0 Å². The smallest absolute Gasteiger partial charge is 0.321 e. The molecule has 0 saturated carbocycles. The molecular weight excluding hydrogens is 398 g/mol.